The zero-order chi connectivity index (χ0) is 12.1. The lowest BCUT2D eigenvalue weighted by molar-refractivity contribution is -0.119. The van der Waals surface area contributed by atoms with Crippen molar-refractivity contribution in [3.8, 4) is 0 Å². The van der Waals surface area contributed by atoms with Crippen molar-refractivity contribution in [1.29, 1.82) is 0 Å². The average molecular weight is 241 g/mol. The van der Waals surface area contributed by atoms with Crippen LogP contribution >= 0.6 is 11.3 Å². The molecule has 4 nitrogen and oxygen atoms in total. The van der Waals surface area contributed by atoms with Gasteiger partial charge in [-0.2, -0.15) is 0 Å². The Hall–Kier alpha value is -0.940. The lowest BCUT2D eigenvalue weighted by Gasteiger charge is -2.10. The highest BCUT2D eigenvalue weighted by atomic mass is 32.1. The first kappa shape index (κ1) is 13.1. The minimum absolute atomic E-state index is 0.0229. The number of carbonyl (C=O) groups is 1. The standard InChI is InChI=1S/C11H19N3OS/c1-5-12-6-7(2)10(15)14-11-13-8(3)9(4)16-11/h7,12H,5-6H2,1-4H3,(H,13,14,15). The fourth-order valence-electron chi connectivity index (χ4n) is 1.21. The maximum atomic E-state index is 11.8. The van der Waals surface area contributed by atoms with Gasteiger partial charge in [0.25, 0.3) is 0 Å². The van der Waals surface area contributed by atoms with E-state index in [9.17, 15) is 4.79 Å². The van der Waals surface area contributed by atoms with Crippen LogP contribution in [0.15, 0.2) is 0 Å². The number of aromatic nitrogens is 1. The Kier molecular flexibility index (Phi) is 4.89. The average Bonchev–Trinajstić information content (AvgIpc) is 2.54. The van der Waals surface area contributed by atoms with E-state index in [2.05, 4.69) is 15.6 Å². The molecule has 1 atom stereocenters. The summed E-state index contributed by atoms with van der Waals surface area (Å²) in [6.45, 7) is 9.47. The van der Waals surface area contributed by atoms with E-state index in [1.807, 2.05) is 27.7 Å². The van der Waals surface area contributed by atoms with E-state index in [1.165, 1.54) is 11.3 Å². The lowest BCUT2D eigenvalue weighted by atomic mass is 10.1. The smallest absolute Gasteiger partial charge is 0.230 e. The molecule has 1 unspecified atom stereocenters. The Balaban J connectivity index is 2.50. The van der Waals surface area contributed by atoms with Gasteiger partial charge in [0.2, 0.25) is 5.91 Å². The molecule has 0 aromatic carbocycles. The predicted molar refractivity (Wildman–Crippen MR) is 67.9 cm³/mol. The van der Waals surface area contributed by atoms with Crippen LogP contribution in [0.4, 0.5) is 5.13 Å². The molecule has 2 N–H and O–H groups in total. The second kappa shape index (κ2) is 5.96. The van der Waals surface area contributed by atoms with Gasteiger partial charge in [-0.3, -0.25) is 4.79 Å². The molecule has 16 heavy (non-hydrogen) atoms. The van der Waals surface area contributed by atoms with Crippen LogP contribution in [0.2, 0.25) is 0 Å². The highest BCUT2D eigenvalue weighted by molar-refractivity contribution is 7.15. The first-order chi connectivity index (χ1) is 7.54. The van der Waals surface area contributed by atoms with Gasteiger partial charge in [-0.25, -0.2) is 4.98 Å². The van der Waals surface area contributed by atoms with Crippen molar-refractivity contribution >= 4 is 22.4 Å². The van der Waals surface area contributed by atoms with E-state index in [0.29, 0.717) is 11.7 Å². The predicted octanol–water partition coefficient (Wildman–Crippen LogP) is 1.94. The van der Waals surface area contributed by atoms with Crippen LogP contribution in [0, 0.1) is 19.8 Å². The Bertz CT molecular complexity index is 343. The molecule has 0 bridgehead atoms. The van der Waals surface area contributed by atoms with Crippen molar-refractivity contribution in [2.24, 2.45) is 5.92 Å². The quantitative estimate of drug-likeness (QED) is 0.828. The minimum atomic E-state index is -0.0375. The molecule has 0 radical (unpaired) electrons. The van der Waals surface area contributed by atoms with E-state index in [0.717, 1.165) is 17.1 Å². The molecule has 1 aromatic rings. The van der Waals surface area contributed by atoms with Gasteiger partial charge in [-0.1, -0.05) is 13.8 Å². The van der Waals surface area contributed by atoms with Gasteiger partial charge in [0.1, 0.15) is 0 Å². The van der Waals surface area contributed by atoms with Crippen LogP contribution in [0.5, 0.6) is 0 Å². The number of anilines is 1. The molecule has 0 spiro atoms. The number of thiazole rings is 1. The molecular weight excluding hydrogens is 222 g/mol. The SMILES string of the molecule is CCNCC(C)C(=O)Nc1nc(C)c(C)s1. The summed E-state index contributed by atoms with van der Waals surface area (Å²) < 4.78 is 0. The van der Waals surface area contributed by atoms with Crippen LogP contribution in [0.25, 0.3) is 0 Å². The Morgan fingerprint density at radius 1 is 1.50 bits per heavy atom. The second-order valence-corrected chi connectivity index (χ2v) is 5.06. The number of aryl methyl sites for hydroxylation is 2. The van der Waals surface area contributed by atoms with E-state index >= 15 is 0 Å². The number of nitrogens with zero attached hydrogens (tertiary/aromatic N) is 1. The first-order valence-electron chi connectivity index (χ1n) is 5.50. The molecule has 90 valence electrons. The zero-order valence-electron chi connectivity index (χ0n) is 10.3. The number of carbonyl (C=O) groups excluding carboxylic acids is 1. The Morgan fingerprint density at radius 2 is 2.19 bits per heavy atom. The largest absolute Gasteiger partial charge is 0.316 e. The molecular formula is C11H19N3OS. The Labute approximate surface area is 100 Å². The third-order valence-electron chi connectivity index (χ3n) is 2.41. The van der Waals surface area contributed by atoms with E-state index in [-0.39, 0.29) is 11.8 Å². The van der Waals surface area contributed by atoms with Crippen molar-refractivity contribution in [3.63, 3.8) is 0 Å². The van der Waals surface area contributed by atoms with E-state index < -0.39 is 0 Å². The number of amides is 1. The van der Waals surface area contributed by atoms with Gasteiger partial charge in [0, 0.05) is 17.3 Å². The topological polar surface area (TPSA) is 54.0 Å². The summed E-state index contributed by atoms with van der Waals surface area (Å²) in [6, 6.07) is 0. The van der Waals surface area contributed by atoms with Crippen LogP contribution in [0.1, 0.15) is 24.4 Å². The molecule has 1 amide bonds. The van der Waals surface area contributed by atoms with Crippen molar-refractivity contribution in [2.75, 3.05) is 18.4 Å². The number of rotatable bonds is 5. The summed E-state index contributed by atoms with van der Waals surface area (Å²) in [5, 5.41) is 6.69. The lowest BCUT2D eigenvalue weighted by Crippen LogP contribution is -2.30. The summed E-state index contributed by atoms with van der Waals surface area (Å²) in [5.74, 6) is -0.0147. The molecule has 0 saturated heterocycles. The summed E-state index contributed by atoms with van der Waals surface area (Å²) in [6.07, 6.45) is 0. The van der Waals surface area contributed by atoms with Crippen LogP contribution in [0.3, 0.4) is 0 Å². The molecule has 0 aliphatic carbocycles. The van der Waals surface area contributed by atoms with Gasteiger partial charge in [0.05, 0.1) is 5.69 Å². The highest BCUT2D eigenvalue weighted by Gasteiger charge is 2.14. The maximum absolute atomic E-state index is 11.8. The van der Waals surface area contributed by atoms with Crippen molar-refractivity contribution in [2.45, 2.75) is 27.7 Å². The third kappa shape index (κ3) is 3.57. The van der Waals surface area contributed by atoms with Crippen LogP contribution in [-0.4, -0.2) is 24.0 Å². The molecule has 1 rings (SSSR count). The van der Waals surface area contributed by atoms with E-state index in [4.69, 9.17) is 0 Å². The fraction of sp³-hybridized carbons (Fsp3) is 0.636. The van der Waals surface area contributed by atoms with Gasteiger partial charge < -0.3 is 10.6 Å². The van der Waals surface area contributed by atoms with Crippen LogP contribution in [-0.2, 0) is 4.79 Å². The van der Waals surface area contributed by atoms with Crippen molar-refractivity contribution < 1.29 is 4.79 Å². The first-order valence-corrected chi connectivity index (χ1v) is 6.31. The number of nitrogens with one attached hydrogen (secondary N) is 2. The molecule has 5 heteroatoms. The zero-order valence-corrected chi connectivity index (χ0v) is 11.1. The Morgan fingerprint density at radius 3 is 2.69 bits per heavy atom. The summed E-state index contributed by atoms with van der Waals surface area (Å²) >= 11 is 1.52. The number of hydrogen-bond acceptors (Lipinski definition) is 4. The number of hydrogen-bond donors (Lipinski definition) is 2. The molecule has 1 heterocycles. The molecule has 0 fully saturated rings. The van der Waals surface area contributed by atoms with Gasteiger partial charge >= 0.3 is 0 Å². The van der Waals surface area contributed by atoms with Gasteiger partial charge in [-0.05, 0) is 20.4 Å². The minimum Gasteiger partial charge on any atom is -0.316 e. The van der Waals surface area contributed by atoms with E-state index in [1.54, 1.807) is 0 Å². The normalized spacial score (nSPS) is 12.5. The molecule has 0 aliphatic heterocycles. The summed E-state index contributed by atoms with van der Waals surface area (Å²) in [4.78, 5) is 17.2. The highest BCUT2D eigenvalue weighted by Crippen LogP contribution is 2.21. The maximum Gasteiger partial charge on any atom is 0.230 e. The summed E-state index contributed by atoms with van der Waals surface area (Å²) in [5.41, 5.74) is 0.986. The molecule has 0 saturated carbocycles. The summed E-state index contributed by atoms with van der Waals surface area (Å²) in [7, 11) is 0. The van der Waals surface area contributed by atoms with Crippen LogP contribution < -0.4 is 10.6 Å². The molecule has 1 aromatic heterocycles. The van der Waals surface area contributed by atoms with Crippen molar-refractivity contribution in [1.82, 2.24) is 10.3 Å². The third-order valence-corrected chi connectivity index (χ3v) is 3.40. The van der Waals surface area contributed by atoms with Crippen molar-refractivity contribution in [3.05, 3.63) is 10.6 Å². The monoisotopic (exact) mass is 241 g/mol. The van der Waals surface area contributed by atoms with Gasteiger partial charge in [0.15, 0.2) is 5.13 Å². The molecule has 0 aliphatic rings. The second-order valence-electron chi connectivity index (χ2n) is 3.86. The fourth-order valence-corrected chi connectivity index (χ4v) is 2.03. The van der Waals surface area contributed by atoms with Gasteiger partial charge in [-0.15, -0.1) is 11.3 Å².